The Morgan fingerprint density at radius 1 is 1.15 bits per heavy atom. The first kappa shape index (κ1) is 23.2. The van der Waals surface area contributed by atoms with Gasteiger partial charge in [-0.15, -0.1) is 11.3 Å². The maximum Gasteiger partial charge on any atom is 0.266 e. The molecule has 6 nitrogen and oxygen atoms in total. The molecule has 0 atom stereocenters. The molecule has 0 bridgehead atoms. The molecule has 1 amide bonds. The second kappa shape index (κ2) is 10.0. The minimum atomic E-state index is -0.159. The fourth-order valence-electron chi connectivity index (χ4n) is 5.51. The van der Waals surface area contributed by atoms with E-state index in [2.05, 4.69) is 23.3 Å². The number of aromatic nitrogens is 2. The molecule has 7 heteroatoms. The van der Waals surface area contributed by atoms with Gasteiger partial charge in [0.1, 0.15) is 10.7 Å². The number of nitrogens with zero attached hydrogens (tertiary/aromatic N) is 3. The number of nitrogens with one attached hydrogen (secondary N) is 1. The van der Waals surface area contributed by atoms with Crippen LogP contribution in [0.1, 0.15) is 78.0 Å². The first-order valence-corrected chi connectivity index (χ1v) is 13.5. The summed E-state index contributed by atoms with van der Waals surface area (Å²) >= 11 is 1.34. The molecule has 0 spiro atoms. The van der Waals surface area contributed by atoms with E-state index >= 15 is 0 Å². The second-order valence-electron chi connectivity index (χ2n) is 9.85. The molecule has 180 valence electrons. The van der Waals surface area contributed by atoms with Crippen LogP contribution in [-0.4, -0.2) is 33.4 Å². The maximum atomic E-state index is 13.4. The van der Waals surface area contributed by atoms with Gasteiger partial charge in [-0.2, -0.15) is 0 Å². The number of carbonyl (C=O) groups is 1. The minimum absolute atomic E-state index is 0.00390. The van der Waals surface area contributed by atoms with Crippen molar-refractivity contribution in [3.8, 4) is 0 Å². The van der Waals surface area contributed by atoms with Crippen molar-refractivity contribution in [2.24, 2.45) is 0 Å². The van der Waals surface area contributed by atoms with Crippen LogP contribution in [0.5, 0.6) is 0 Å². The van der Waals surface area contributed by atoms with Crippen LogP contribution in [-0.2, 0) is 19.5 Å². The van der Waals surface area contributed by atoms with Crippen LogP contribution in [0.3, 0.4) is 0 Å². The summed E-state index contributed by atoms with van der Waals surface area (Å²) in [7, 11) is 2.19. The molecular formula is C27H34N4O2S. The normalized spacial score (nSPS) is 17.0. The number of benzene rings is 1. The van der Waals surface area contributed by atoms with Gasteiger partial charge < -0.3 is 5.32 Å². The van der Waals surface area contributed by atoms with E-state index in [-0.39, 0.29) is 11.5 Å². The summed E-state index contributed by atoms with van der Waals surface area (Å²) in [5.74, 6) is 0.701. The van der Waals surface area contributed by atoms with Crippen molar-refractivity contribution in [1.29, 1.82) is 0 Å². The van der Waals surface area contributed by atoms with Crippen molar-refractivity contribution in [3.05, 3.63) is 56.4 Å². The van der Waals surface area contributed by atoms with Gasteiger partial charge in [-0.05, 0) is 56.8 Å². The standard InChI is InChI=1S/C27H34N4O2S/c1-18-23-26(29-22-15-7-4-10-16-31(22)27(23)33)34-24(18)25(32)28-21-14-9-8-11-19(21)17-30(2)20-12-5-3-6-13-20/h8-9,11,14,20H,3-7,10,12-13,15-17H2,1-2H3,(H,28,32). The van der Waals surface area contributed by atoms with Crippen LogP contribution < -0.4 is 10.9 Å². The van der Waals surface area contributed by atoms with Gasteiger partial charge in [-0.1, -0.05) is 43.9 Å². The number of para-hydroxylation sites is 1. The first-order valence-electron chi connectivity index (χ1n) is 12.6. The third-order valence-corrected chi connectivity index (χ3v) is 8.69. The molecule has 1 N–H and O–H groups in total. The predicted molar refractivity (Wildman–Crippen MR) is 139 cm³/mol. The number of hydrogen-bond acceptors (Lipinski definition) is 5. The molecule has 0 radical (unpaired) electrons. The summed E-state index contributed by atoms with van der Waals surface area (Å²) in [6.07, 6.45) is 10.4. The molecule has 1 aliphatic heterocycles. The first-order chi connectivity index (χ1) is 16.5. The topological polar surface area (TPSA) is 67.2 Å². The highest BCUT2D eigenvalue weighted by molar-refractivity contribution is 7.20. The molecule has 1 fully saturated rings. The van der Waals surface area contributed by atoms with Gasteiger partial charge in [0.15, 0.2) is 0 Å². The molecule has 0 unspecified atom stereocenters. The zero-order chi connectivity index (χ0) is 23.7. The highest BCUT2D eigenvalue weighted by Gasteiger charge is 2.23. The predicted octanol–water partition coefficient (Wildman–Crippen LogP) is 5.51. The van der Waals surface area contributed by atoms with E-state index < -0.39 is 0 Å². The van der Waals surface area contributed by atoms with Crippen LogP contribution in [0.2, 0.25) is 0 Å². The molecular weight excluding hydrogens is 444 g/mol. The van der Waals surface area contributed by atoms with Crippen molar-refractivity contribution >= 4 is 33.1 Å². The number of amides is 1. The van der Waals surface area contributed by atoms with Crippen molar-refractivity contribution < 1.29 is 4.79 Å². The number of thiophene rings is 1. The highest BCUT2D eigenvalue weighted by atomic mass is 32.1. The van der Waals surface area contributed by atoms with Gasteiger partial charge in [0.05, 0.1) is 10.3 Å². The molecule has 2 aromatic heterocycles. The van der Waals surface area contributed by atoms with Gasteiger partial charge >= 0.3 is 0 Å². The zero-order valence-corrected chi connectivity index (χ0v) is 21.0. The summed E-state index contributed by atoms with van der Waals surface area (Å²) in [5.41, 5.74) is 2.70. The lowest BCUT2D eigenvalue weighted by atomic mass is 9.94. The molecule has 1 aliphatic carbocycles. The molecule has 3 heterocycles. The van der Waals surface area contributed by atoms with Gasteiger partial charge in [-0.25, -0.2) is 4.98 Å². The second-order valence-corrected chi connectivity index (χ2v) is 10.8. The largest absolute Gasteiger partial charge is 0.321 e. The lowest BCUT2D eigenvalue weighted by molar-refractivity contribution is 0.103. The lowest BCUT2D eigenvalue weighted by Crippen LogP contribution is -2.33. The van der Waals surface area contributed by atoms with Crippen LogP contribution in [0.25, 0.3) is 10.2 Å². The number of carbonyl (C=O) groups excluding carboxylic acids is 1. The molecule has 0 saturated heterocycles. The van der Waals surface area contributed by atoms with Crippen LogP contribution in [0.4, 0.5) is 5.69 Å². The zero-order valence-electron chi connectivity index (χ0n) is 20.2. The molecule has 2 aliphatic rings. The number of anilines is 1. The molecule has 3 aromatic rings. The fraction of sp³-hybridized carbons (Fsp3) is 0.519. The summed E-state index contributed by atoms with van der Waals surface area (Å²) in [6.45, 7) is 3.40. The number of fused-ring (bicyclic) bond motifs is 2. The Morgan fingerprint density at radius 2 is 1.91 bits per heavy atom. The average molecular weight is 479 g/mol. The van der Waals surface area contributed by atoms with Crippen LogP contribution in [0, 0.1) is 6.92 Å². The van der Waals surface area contributed by atoms with E-state index in [1.54, 1.807) is 0 Å². The Labute approximate surface area is 205 Å². The van der Waals surface area contributed by atoms with Gasteiger partial charge in [-0.3, -0.25) is 19.1 Å². The Kier molecular flexibility index (Phi) is 6.84. The summed E-state index contributed by atoms with van der Waals surface area (Å²) in [5, 5.41) is 3.75. The quantitative estimate of drug-likeness (QED) is 0.525. The Hall–Kier alpha value is -2.51. The molecule has 5 rings (SSSR count). The minimum Gasteiger partial charge on any atom is -0.321 e. The van der Waals surface area contributed by atoms with E-state index in [4.69, 9.17) is 4.98 Å². The number of aryl methyl sites for hydroxylation is 2. The average Bonchev–Trinajstić information content (AvgIpc) is 3.01. The van der Waals surface area contributed by atoms with Crippen molar-refractivity contribution in [1.82, 2.24) is 14.5 Å². The number of hydrogen-bond donors (Lipinski definition) is 1. The summed E-state index contributed by atoms with van der Waals surface area (Å²) in [4.78, 5) is 35.1. The van der Waals surface area contributed by atoms with E-state index in [0.29, 0.717) is 21.1 Å². The van der Waals surface area contributed by atoms with E-state index in [0.717, 1.165) is 61.4 Å². The Bertz CT molecular complexity index is 1260. The van der Waals surface area contributed by atoms with Gasteiger partial charge in [0, 0.05) is 31.2 Å². The van der Waals surface area contributed by atoms with Gasteiger partial charge in [0.2, 0.25) is 0 Å². The van der Waals surface area contributed by atoms with Crippen molar-refractivity contribution in [2.45, 2.75) is 83.8 Å². The van der Waals surface area contributed by atoms with E-state index in [1.807, 2.05) is 29.7 Å². The molecule has 1 saturated carbocycles. The molecule has 1 aromatic carbocycles. The van der Waals surface area contributed by atoms with Crippen molar-refractivity contribution in [2.75, 3.05) is 12.4 Å². The van der Waals surface area contributed by atoms with Crippen LogP contribution >= 0.6 is 11.3 Å². The SMILES string of the molecule is Cc1c(C(=O)Nc2ccccc2CN(C)C2CCCCC2)sc2nc3n(c(=O)c12)CCCCC3. The fourth-order valence-corrected chi connectivity index (χ4v) is 6.59. The third kappa shape index (κ3) is 4.56. The lowest BCUT2D eigenvalue weighted by Gasteiger charge is -2.31. The van der Waals surface area contributed by atoms with Gasteiger partial charge in [0.25, 0.3) is 11.5 Å². The van der Waals surface area contributed by atoms with Crippen molar-refractivity contribution in [3.63, 3.8) is 0 Å². The summed E-state index contributed by atoms with van der Waals surface area (Å²) in [6, 6.07) is 8.67. The monoisotopic (exact) mass is 478 g/mol. The maximum absolute atomic E-state index is 13.4. The highest BCUT2D eigenvalue weighted by Crippen LogP contribution is 2.30. The molecule has 34 heavy (non-hydrogen) atoms. The summed E-state index contributed by atoms with van der Waals surface area (Å²) < 4.78 is 1.83. The number of rotatable bonds is 5. The smallest absolute Gasteiger partial charge is 0.266 e. The Morgan fingerprint density at radius 3 is 2.74 bits per heavy atom. The van der Waals surface area contributed by atoms with Crippen LogP contribution in [0.15, 0.2) is 29.1 Å². The van der Waals surface area contributed by atoms with E-state index in [1.165, 1.54) is 43.4 Å². The third-order valence-electron chi connectivity index (χ3n) is 7.50. The van der Waals surface area contributed by atoms with E-state index in [9.17, 15) is 9.59 Å². The Balaban J connectivity index is 1.41.